The Balaban J connectivity index is 2.10. The molecule has 1 N–H and O–H groups in total. The molecule has 1 heterocycles. The number of esters is 1. The second-order valence-corrected chi connectivity index (χ2v) is 3.78. The number of rotatable bonds is 3. The van der Waals surface area contributed by atoms with Crippen LogP contribution in [0.25, 0.3) is 6.08 Å². The van der Waals surface area contributed by atoms with Gasteiger partial charge in [0.05, 0.1) is 7.11 Å². The fourth-order valence-corrected chi connectivity index (χ4v) is 1.68. The summed E-state index contributed by atoms with van der Waals surface area (Å²) in [4.78, 5) is 22.6. The van der Waals surface area contributed by atoms with Crippen molar-refractivity contribution in [2.75, 3.05) is 7.11 Å². The summed E-state index contributed by atoms with van der Waals surface area (Å²) in [5, 5.41) is 2.40. The van der Waals surface area contributed by atoms with E-state index in [1.807, 2.05) is 30.3 Å². The third-order valence-corrected chi connectivity index (χ3v) is 2.58. The molecule has 1 fully saturated rings. The van der Waals surface area contributed by atoms with Gasteiger partial charge in [0.2, 0.25) is 0 Å². The lowest BCUT2D eigenvalue weighted by Crippen LogP contribution is -2.39. The fourth-order valence-electron chi connectivity index (χ4n) is 1.68. The number of amides is 1. The quantitative estimate of drug-likeness (QED) is 0.819. The Bertz CT molecular complexity index is 469. The molecule has 2 unspecified atom stereocenters. The Morgan fingerprint density at radius 1 is 1.39 bits per heavy atom. The van der Waals surface area contributed by atoms with Gasteiger partial charge in [-0.2, -0.15) is 0 Å². The van der Waals surface area contributed by atoms with Crippen molar-refractivity contribution in [1.82, 2.24) is 5.32 Å². The third-order valence-electron chi connectivity index (χ3n) is 2.58. The Labute approximate surface area is 104 Å². The van der Waals surface area contributed by atoms with Crippen molar-refractivity contribution in [3.63, 3.8) is 0 Å². The van der Waals surface area contributed by atoms with Crippen LogP contribution in [0.1, 0.15) is 5.56 Å². The van der Waals surface area contributed by atoms with Crippen molar-refractivity contribution in [2.45, 2.75) is 12.1 Å². The molecular formula is C13H13NO4. The molecule has 1 aliphatic rings. The summed E-state index contributed by atoms with van der Waals surface area (Å²) in [6, 6.07) is 8.74. The second-order valence-electron chi connectivity index (χ2n) is 3.78. The Morgan fingerprint density at radius 2 is 2.11 bits per heavy atom. The first kappa shape index (κ1) is 12.2. The van der Waals surface area contributed by atoms with Gasteiger partial charge in [-0.1, -0.05) is 36.4 Å². The van der Waals surface area contributed by atoms with Gasteiger partial charge in [0, 0.05) is 0 Å². The van der Waals surface area contributed by atoms with Crippen molar-refractivity contribution in [3.8, 4) is 0 Å². The van der Waals surface area contributed by atoms with Gasteiger partial charge in [0.25, 0.3) is 0 Å². The maximum Gasteiger partial charge on any atom is 0.408 e. The highest BCUT2D eigenvalue weighted by Gasteiger charge is 2.38. The lowest BCUT2D eigenvalue weighted by molar-refractivity contribution is -0.143. The number of carbonyl (C=O) groups excluding carboxylic acids is 2. The lowest BCUT2D eigenvalue weighted by atomic mass is 10.1. The lowest BCUT2D eigenvalue weighted by Gasteiger charge is -2.10. The molecule has 18 heavy (non-hydrogen) atoms. The summed E-state index contributed by atoms with van der Waals surface area (Å²) in [7, 11) is 1.27. The van der Waals surface area contributed by atoms with E-state index >= 15 is 0 Å². The van der Waals surface area contributed by atoms with Crippen LogP contribution in [0.3, 0.4) is 0 Å². The van der Waals surface area contributed by atoms with Gasteiger partial charge < -0.3 is 14.8 Å². The van der Waals surface area contributed by atoms with Crippen molar-refractivity contribution in [2.24, 2.45) is 0 Å². The normalized spacial score (nSPS) is 22.6. The Kier molecular flexibility index (Phi) is 3.62. The SMILES string of the molecule is COC(=O)C1NC(=O)OC1/C=C/c1ccccc1. The van der Waals surface area contributed by atoms with E-state index in [4.69, 9.17) is 4.74 Å². The minimum absolute atomic E-state index is 0.524. The van der Waals surface area contributed by atoms with Crippen molar-refractivity contribution < 1.29 is 19.1 Å². The first-order valence-electron chi connectivity index (χ1n) is 5.49. The molecule has 0 aromatic heterocycles. The van der Waals surface area contributed by atoms with Gasteiger partial charge >= 0.3 is 12.1 Å². The van der Waals surface area contributed by atoms with E-state index in [9.17, 15) is 9.59 Å². The van der Waals surface area contributed by atoms with Gasteiger partial charge in [-0.25, -0.2) is 9.59 Å². The van der Waals surface area contributed by atoms with Crippen LogP contribution in [0.4, 0.5) is 4.79 Å². The number of nitrogens with one attached hydrogen (secondary N) is 1. The minimum atomic E-state index is -0.789. The monoisotopic (exact) mass is 247 g/mol. The molecule has 5 nitrogen and oxygen atoms in total. The van der Waals surface area contributed by atoms with Crippen LogP contribution >= 0.6 is 0 Å². The molecule has 0 bridgehead atoms. The molecule has 0 saturated carbocycles. The summed E-state index contributed by atoms with van der Waals surface area (Å²) in [6.45, 7) is 0. The Morgan fingerprint density at radius 3 is 2.78 bits per heavy atom. The standard InChI is InChI=1S/C13H13NO4/c1-17-12(15)11-10(18-13(16)14-11)8-7-9-5-3-2-4-6-9/h2-8,10-11H,1H3,(H,14,16)/b8-7+. The zero-order valence-corrected chi connectivity index (χ0v) is 9.83. The van der Waals surface area contributed by atoms with Gasteiger partial charge in [-0.3, -0.25) is 0 Å². The van der Waals surface area contributed by atoms with Crippen LogP contribution in [0.2, 0.25) is 0 Å². The van der Waals surface area contributed by atoms with Crippen LogP contribution in [0, 0.1) is 0 Å². The molecule has 1 aromatic rings. The number of methoxy groups -OCH3 is 1. The maximum atomic E-state index is 11.4. The molecule has 1 amide bonds. The fraction of sp³-hybridized carbons (Fsp3) is 0.231. The molecule has 94 valence electrons. The van der Waals surface area contributed by atoms with Crippen LogP contribution in [0.15, 0.2) is 36.4 Å². The van der Waals surface area contributed by atoms with Crippen molar-refractivity contribution in [3.05, 3.63) is 42.0 Å². The van der Waals surface area contributed by atoms with E-state index in [0.29, 0.717) is 0 Å². The highest BCUT2D eigenvalue weighted by molar-refractivity contribution is 5.85. The average Bonchev–Trinajstić information content (AvgIpc) is 2.78. The summed E-state index contributed by atoms with van der Waals surface area (Å²) in [6.07, 6.45) is 2.19. The predicted molar refractivity (Wildman–Crippen MR) is 64.7 cm³/mol. The van der Waals surface area contributed by atoms with Crippen molar-refractivity contribution in [1.29, 1.82) is 0 Å². The number of benzene rings is 1. The minimum Gasteiger partial charge on any atom is -0.467 e. The number of hydrogen-bond acceptors (Lipinski definition) is 4. The van der Waals surface area contributed by atoms with Crippen LogP contribution < -0.4 is 5.32 Å². The molecule has 1 saturated heterocycles. The van der Waals surface area contributed by atoms with Gasteiger partial charge in [0.1, 0.15) is 0 Å². The summed E-state index contributed by atoms with van der Waals surface area (Å²) in [5.74, 6) is -0.524. The van der Waals surface area contributed by atoms with Gasteiger partial charge in [-0.05, 0) is 11.6 Å². The first-order valence-corrected chi connectivity index (χ1v) is 5.49. The van der Waals surface area contributed by atoms with Crippen LogP contribution in [0.5, 0.6) is 0 Å². The molecule has 5 heteroatoms. The number of ether oxygens (including phenoxy) is 2. The molecule has 0 spiro atoms. The molecule has 1 aliphatic heterocycles. The highest BCUT2D eigenvalue weighted by atomic mass is 16.6. The van der Waals surface area contributed by atoms with E-state index in [2.05, 4.69) is 10.1 Å². The molecule has 2 rings (SSSR count). The largest absolute Gasteiger partial charge is 0.467 e. The summed E-state index contributed by atoms with van der Waals surface area (Å²) >= 11 is 0. The van der Waals surface area contributed by atoms with Crippen molar-refractivity contribution >= 4 is 18.1 Å². The number of cyclic esters (lactones) is 1. The van der Waals surface area contributed by atoms with E-state index in [1.165, 1.54) is 7.11 Å². The number of alkyl carbamates (subject to hydrolysis) is 1. The van der Waals surface area contributed by atoms with E-state index in [-0.39, 0.29) is 0 Å². The zero-order chi connectivity index (χ0) is 13.0. The van der Waals surface area contributed by atoms with Gasteiger partial charge in [0.15, 0.2) is 12.1 Å². The third kappa shape index (κ3) is 2.68. The smallest absolute Gasteiger partial charge is 0.408 e. The Hall–Kier alpha value is -2.30. The maximum absolute atomic E-state index is 11.4. The van der Waals surface area contributed by atoms with Crippen LogP contribution in [-0.2, 0) is 14.3 Å². The molecule has 0 radical (unpaired) electrons. The van der Waals surface area contributed by atoms with Gasteiger partial charge in [-0.15, -0.1) is 0 Å². The van der Waals surface area contributed by atoms with E-state index in [0.717, 1.165) is 5.56 Å². The number of carbonyl (C=O) groups is 2. The zero-order valence-electron chi connectivity index (χ0n) is 9.83. The average molecular weight is 247 g/mol. The summed E-state index contributed by atoms with van der Waals surface area (Å²) < 4.78 is 9.58. The second kappa shape index (κ2) is 5.35. The molecule has 1 aromatic carbocycles. The highest BCUT2D eigenvalue weighted by Crippen LogP contribution is 2.13. The molecule has 0 aliphatic carbocycles. The summed E-state index contributed by atoms with van der Waals surface area (Å²) in [5.41, 5.74) is 0.962. The molecule has 2 atom stereocenters. The van der Waals surface area contributed by atoms with Crippen LogP contribution in [-0.4, -0.2) is 31.3 Å². The van der Waals surface area contributed by atoms with E-state index < -0.39 is 24.2 Å². The first-order chi connectivity index (χ1) is 8.70. The van der Waals surface area contributed by atoms with E-state index in [1.54, 1.807) is 12.2 Å². The number of hydrogen-bond donors (Lipinski definition) is 1. The topological polar surface area (TPSA) is 64.6 Å². The molecular weight excluding hydrogens is 234 g/mol. The predicted octanol–water partition coefficient (Wildman–Crippen LogP) is 1.35.